The molecule has 58 valence electrons. The molecule has 0 atom stereocenters. The van der Waals surface area contributed by atoms with Gasteiger partial charge in [-0.1, -0.05) is 0 Å². The first-order chi connectivity index (χ1) is 5.93. The van der Waals surface area contributed by atoms with Crippen molar-refractivity contribution >= 4 is 43.8 Å². The average Bonchev–Trinajstić information content (AvgIpc) is 2.64. The largest absolute Gasteiger partial charge is 0.229 e. The molecule has 0 aliphatic carbocycles. The van der Waals surface area contributed by atoms with Crippen molar-refractivity contribution in [3.05, 3.63) is 12.4 Å². The Morgan fingerprint density at radius 2 is 1.33 bits per heavy atom. The van der Waals surface area contributed by atoms with E-state index in [2.05, 4.69) is 18.7 Å². The fraction of sp³-hybridized carbons (Fsp3) is 0. The number of hydrogen-bond donors (Lipinski definition) is 0. The fourth-order valence-corrected chi connectivity index (χ4v) is 2.15. The van der Waals surface area contributed by atoms with Crippen LogP contribution < -0.4 is 0 Å². The number of nitrogens with zero attached hydrogens (tertiary/aromatic N) is 4. The smallest absolute Gasteiger partial charge is 0.162 e. The van der Waals surface area contributed by atoms with E-state index in [4.69, 9.17) is 0 Å². The Morgan fingerprint density at radius 3 is 1.83 bits per heavy atom. The van der Waals surface area contributed by atoms with Crippen LogP contribution in [0.4, 0.5) is 0 Å². The predicted molar refractivity (Wildman–Crippen MR) is 48.4 cm³/mol. The molecule has 0 bridgehead atoms. The highest BCUT2D eigenvalue weighted by Crippen LogP contribution is 2.19. The first-order valence-electron chi connectivity index (χ1n) is 3.26. The summed E-state index contributed by atoms with van der Waals surface area (Å²) in [6.45, 7) is 0. The molecule has 0 spiro atoms. The summed E-state index contributed by atoms with van der Waals surface area (Å²) in [7, 11) is 0. The van der Waals surface area contributed by atoms with Gasteiger partial charge in [0.15, 0.2) is 9.66 Å². The predicted octanol–water partition coefficient (Wildman–Crippen LogP) is 1.70. The summed E-state index contributed by atoms with van der Waals surface area (Å²) in [4.78, 5) is 10.4. The van der Waals surface area contributed by atoms with E-state index in [-0.39, 0.29) is 0 Å². The van der Waals surface area contributed by atoms with Crippen molar-refractivity contribution in [1.82, 2.24) is 18.7 Å². The van der Waals surface area contributed by atoms with E-state index >= 15 is 0 Å². The first-order valence-corrected chi connectivity index (χ1v) is 4.81. The molecule has 0 N–H and O–H groups in total. The van der Waals surface area contributed by atoms with Crippen LogP contribution in [0, 0.1) is 0 Å². The zero-order valence-corrected chi connectivity index (χ0v) is 7.39. The van der Waals surface area contributed by atoms with Crippen molar-refractivity contribution < 1.29 is 0 Å². The van der Waals surface area contributed by atoms with Crippen LogP contribution >= 0.6 is 23.1 Å². The average molecular weight is 194 g/mol. The van der Waals surface area contributed by atoms with Crippen molar-refractivity contribution in [2.24, 2.45) is 0 Å². The summed E-state index contributed by atoms with van der Waals surface area (Å²) < 4.78 is 8.01. The van der Waals surface area contributed by atoms with E-state index < -0.39 is 0 Å². The third kappa shape index (κ3) is 0.759. The molecular formula is C6H2N4S2. The molecule has 0 aliphatic heterocycles. The van der Waals surface area contributed by atoms with E-state index in [1.807, 2.05) is 0 Å². The summed E-state index contributed by atoms with van der Waals surface area (Å²) in [5.41, 5.74) is 1.72. The highest BCUT2D eigenvalue weighted by Gasteiger charge is 2.03. The van der Waals surface area contributed by atoms with Crippen LogP contribution in [0.2, 0.25) is 0 Å². The maximum atomic E-state index is 4.34. The summed E-state index contributed by atoms with van der Waals surface area (Å²) in [5.74, 6) is 0. The molecule has 3 heterocycles. The second-order valence-electron chi connectivity index (χ2n) is 2.26. The number of fused-ring (bicyclic) bond motifs is 2. The molecule has 0 fully saturated rings. The Bertz CT molecular complexity index is 449. The molecule has 12 heavy (non-hydrogen) atoms. The molecule has 0 aliphatic rings. The van der Waals surface area contributed by atoms with Crippen LogP contribution in [0.5, 0.6) is 0 Å². The van der Waals surface area contributed by atoms with E-state index in [9.17, 15) is 0 Å². The standard InChI is InChI=1S/C6H2N4S2/c1-3-5(11-7-1)10-4-2-8-12-6(4)9-3/h1-2H. The van der Waals surface area contributed by atoms with Gasteiger partial charge in [0.25, 0.3) is 0 Å². The Hall–Kier alpha value is -1.14. The Kier molecular flexibility index (Phi) is 1.16. The molecule has 0 unspecified atom stereocenters. The third-order valence-electron chi connectivity index (χ3n) is 1.51. The van der Waals surface area contributed by atoms with Gasteiger partial charge < -0.3 is 0 Å². The molecule has 4 nitrogen and oxygen atoms in total. The maximum absolute atomic E-state index is 4.34. The Balaban J connectivity index is 2.62. The van der Waals surface area contributed by atoms with Crippen molar-refractivity contribution in [2.75, 3.05) is 0 Å². The highest BCUT2D eigenvalue weighted by atomic mass is 32.1. The van der Waals surface area contributed by atoms with Crippen molar-refractivity contribution in [3.8, 4) is 0 Å². The molecule has 3 aromatic heterocycles. The van der Waals surface area contributed by atoms with Crippen molar-refractivity contribution in [3.63, 3.8) is 0 Å². The highest BCUT2D eigenvalue weighted by molar-refractivity contribution is 7.14. The zero-order valence-electron chi connectivity index (χ0n) is 5.76. The van der Waals surface area contributed by atoms with Crippen molar-refractivity contribution in [2.45, 2.75) is 0 Å². The minimum Gasteiger partial charge on any atom is -0.229 e. The van der Waals surface area contributed by atoms with E-state index in [1.165, 1.54) is 23.1 Å². The van der Waals surface area contributed by atoms with E-state index in [1.54, 1.807) is 12.4 Å². The molecular weight excluding hydrogens is 192 g/mol. The molecule has 0 saturated carbocycles. The molecule has 6 heteroatoms. The maximum Gasteiger partial charge on any atom is 0.162 e. The second-order valence-corrected chi connectivity index (χ2v) is 3.82. The number of aromatic nitrogens is 4. The summed E-state index contributed by atoms with van der Waals surface area (Å²) >= 11 is 2.72. The van der Waals surface area contributed by atoms with Gasteiger partial charge in [-0.3, -0.25) is 0 Å². The summed E-state index contributed by atoms with van der Waals surface area (Å²) in [6.07, 6.45) is 3.46. The third-order valence-corrected chi connectivity index (χ3v) is 2.88. The summed E-state index contributed by atoms with van der Waals surface area (Å²) in [6, 6.07) is 0. The normalized spacial score (nSPS) is 11.3. The lowest BCUT2D eigenvalue weighted by molar-refractivity contribution is 1.44. The SMILES string of the molecule is c1nsc2nc3cnsc3nc12. The molecule has 0 saturated heterocycles. The van der Waals surface area contributed by atoms with Crippen LogP contribution in [-0.2, 0) is 0 Å². The Labute approximate surface area is 75.2 Å². The zero-order chi connectivity index (χ0) is 7.97. The molecule has 0 amide bonds. The number of hydrogen-bond acceptors (Lipinski definition) is 6. The molecule has 3 rings (SSSR count). The van der Waals surface area contributed by atoms with Gasteiger partial charge in [-0.25, -0.2) is 9.97 Å². The van der Waals surface area contributed by atoms with Crippen LogP contribution in [0.25, 0.3) is 20.7 Å². The lowest BCUT2D eigenvalue weighted by Gasteiger charge is -1.85. The lowest BCUT2D eigenvalue weighted by Crippen LogP contribution is -1.76. The topological polar surface area (TPSA) is 51.6 Å². The van der Waals surface area contributed by atoms with Crippen molar-refractivity contribution in [1.29, 1.82) is 0 Å². The van der Waals surface area contributed by atoms with Gasteiger partial charge in [-0.2, -0.15) is 8.75 Å². The van der Waals surface area contributed by atoms with Crippen LogP contribution in [-0.4, -0.2) is 18.7 Å². The van der Waals surface area contributed by atoms with E-state index in [0.717, 1.165) is 20.7 Å². The Morgan fingerprint density at radius 1 is 0.833 bits per heavy atom. The van der Waals surface area contributed by atoms with Gasteiger partial charge in [0.2, 0.25) is 0 Å². The number of rotatable bonds is 0. The van der Waals surface area contributed by atoms with Crippen LogP contribution in [0.15, 0.2) is 12.4 Å². The van der Waals surface area contributed by atoms with Gasteiger partial charge in [0, 0.05) is 0 Å². The van der Waals surface area contributed by atoms with Gasteiger partial charge in [0.05, 0.1) is 12.4 Å². The van der Waals surface area contributed by atoms with Crippen LogP contribution in [0.3, 0.4) is 0 Å². The summed E-state index contributed by atoms with van der Waals surface area (Å²) in [5, 5.41) is 0. The second kappa shape index (κ2) is 2.18. The van der Waals surface area contributed by atoms with Gasteiger partial charge in [0.1, 0.15) is 11.0 Å². The quantitative estimate of drug-likeness (QED) is 0.546. The monoisotopic (exact) mass is 194 g/mol. The lowest BCUT2D eigenvalue weighted by atomic mass is 10.5. The van der Waals surface area contributed by atoms with Gasteiger partial charge in [-0.05, 0) is 23.1 Å². The van der Waals surface area contributed by atoms with Gasteiger partial charge >= 0.3 is 0 Å². The molecule has 0 radical (unpaired) electrons. The molecule has 3 aromatic rings. The fourth-order valence-electron chi connectivity index (χ4n) is 0.984. The minimum atomic E-state index is 0.858. The minimum absolute atomic E-state index is 0.858. The molecule has 0 aromatic carbocycles. The van der Waals surface area contributed by atoms with Gasteiger partial charge in [-0.15, -0.1) is 0 Å². The first kappa shape index (κ1) is 6.38. The van der Waals surface area contributed by atoms with E-state index in [0.29, 0.717) is 0 Å². The van der Waals surface area contributed by atoms with Crippen LogP contribution in [0.1, 0.15) is 0 Å².